The number of carbonyl (C=O) groups excluding carboxylic acids is 1. The molecule has 0 saturated carbocycles. The average Bonchev–Trinajstić information content (AvgIpc) is 2.89. The quantitative estimate of drug-likeness (QED) is 0.600. The van der Waals surface area contributed by atoms with Crippen molar-refractivity contribution in [2.75, 3.05) is 10.6 Å². The van der Waals surface area contributed by atoms with Gasteiger partial charge in [-0.15, -0.1) is 0 Å². The highest BCUT2D eigenvalue weighted by atomic mass is 19.4. The first kappa shape index (κ1) is 18.0. The van der Waals surface area contributed by atoms with Crippen LogP contribution in [0.3, 0.4) is 0 Å². The number of carbonyl (C=O) groups is 1. The van der Waals surface area contributed by atoms with Crippen molar-refractivity contribution in [1.82, 2.24) is 0 Å². The molecular formula is C19H16F4N2O. The number of hydrogen-bond donors (Lipinski definition) is 2. The number of amides is 1. The van der Waals surface area contributed by atoms with Gasteiger partial charge >= 0.3 is 6.18 Å². The zero-order valence-electron chi connectivity index (χ0n) is 13.6. The van der Waals surface area contributed by atoms with Crippen LogP contribution < -0.4 is 10.6 Å². The lowest BCUT2D eigenvalue weighted by Gasteiger charge is -2.19. The Morgan fingerprint density at radius 3 is 2.62 bits per heavy atom. The first-order valence-electron chi connectivity index (χ1n) is 7.92. The van der Waals surface area contributed by atoms with Crippen LogP contribution in [0.5, 0.6) is 0 Å². The maximum Gasteiger partial charge on any atom is 0.416 e. The Hall–Kier alpha value is -2.83. The Morgan fingerprint density at radius 1 is 1.15 bits per heavy atom. The van der Waals surface area contributed by atoms with Gasteiger partial charge in [-0.3, -0.25) is 4.79 Å². The third-order valence-electron chi connectivity index (χ3n) is 4.22. The monoisotopic (exact) mass is 364 g/mol. The molecule has 7 heteroatoms. The molecule has 2 N–H and O–H groups in total. The van der Waals surface area contributed by atoms with Crippen LogP contribution in [-0.4, -0.2) is 12.1 Å². The molecule has 2 aromatic carbocycles. The molecule has 1 amide bonds. The molecule has 1 aliphatic carbocycles. The number of anilines is 2. The minimum atomic E-state index is -4.47. The molecule has 1 aliphatic rings. The summed E-state index contributed by atoms with van der Waals surface area (Å²) in [6.07, 6.45) is -4.49. The van der Waals surface area contributed by atoms with Gasteiger partial charge in [0.2, 0.25) is 5.91 Å². The second kappa shape index (κ2) is 6.82. The van der Waals surface area contributed by atoms with E-state index in [4.69, 9.17) is 0 Å². The van der Waals surface area contributed by atoms with Crippen LogP contribution in [0.15, 0.2) is 55.1 Å². The van der Waals surface area contributed by atoms with Gasteiger partial charge < -0.3 is 10.6 Å². The van der Waals surface area contributed by atoms with E-state index in [-0.39, 0.29) is 12.1 Å². The zero-order chi connectivity index (χ0) is 18.9. The minimum Gasteiger partial charge on any atom is -0.375 e. The summed E-state index contributed by atoms with van der Waals surface area (Å²) in [4.78, 5) is 11.4. The number of halogens is 4. The average molecular weight is 364 g/mol. The van der Waals surface area contributed by atoms with Crippen molar-refractivity contribution in [2.45, 2.75) is 24.8 Å². The van der Waals surface area contributed by atoms with Gasteiger partial charge in [0.05, 0.1) is 11.6 Å². The summed E-state index contributed by atoms with van der Waals surface area (Å²) in [6, 6.07) is 8.83. The van der Waals surface area contributed by atoms with Crippen molar-refractivity contribution in [1.29, 1.82) is 0 Å². The fraction of sp³-hybridized carbons (Fsp3) is 0.211. The number of nitrogens with one attached hydrogen (secondary N) is 2. The van der Waals surface area contributed by atoms with Crippen LogP contribution >= 0.6 is 0 Å². The van der Waals surface area contributed by atoms with Crippen LogP contribution in [-0.2, 0) is 17.4 Å². The van der Waals surface area contributed by atoms with Gasteiger partial charge in [-0.05, 0) is 47.5 Å². The highest BCUT2D eigenvalue weighted by molar-refractivity contribution is 5.98. The van der Waals surface area contributed by atoms with Crippen molar-refractivity contribution in [3.05, 3.63) is 71.8 Å². The number of rotatable bonds is 4. The van der Waals surface area contributed by atoms with Crippen molar-refractivity contribution in [2.24, 2.45) is 0 Å². The third kappa shape index (κ3) is 3.71. The zero-order valence-corrected chi connectivity index (χ0v) is 13.6. The van der Waals surface area contributed by atoms with E-state index >= 15 is 0 Å². The van der Waals surface area contributed by atoms with E-state index in [2.05, 4.69) is 17.2 Å². The number of benzene rings is 2. The van der Waals surface area contributed by atoms with E-state index in [1.807, 2.05) is 0 Å². The lowest BCUT2D eigenvalue weighted by atomic mass is 10.1. The summed E-state index contributed by atoms with van der Waals surface area (Å²) in [5.74, 6) is -0.401. The second-order valence-electron chi connectivity index (χ2n) is 6.03. The molecule has 2 aromatic rings. The Balaban J connectivity index is 1.87. The largest absolute Gasteiger partial charge is 0.416 e. The topological polar surface area (TPSA) is 41.1 Å². The Kier molecular flexibility index (Phi) is 4.71. The predicted molar refractivity (Wildman–Crippen MR) is 91.7 cm³/mol. The van der Waals surface area contributed by atoms with Crippen molar-refractivity contribution >= 4 is 17.3 Å². The van der Waals surface area contributed by atoms with E-state index in [0.717, 1.165) is 23.8 Å². The summed E-state index contributed by atoms with van der Waals surface area (Å²) in [6.45, 7) is 3.36. The molecule has 0 saturated heterocycles. The molecule has 0 radical (unpaired) electrons. The molecule has 2 atom stereocenters. The smallest absolute Gasteiger partial charge is 0.375 e. The normalized spacial score (nSPS) is 18.9. The lowest BCUT2D eigenvalue weighted by Crippen LogP contribution is -2.18. The van der Waals surface area contributed by atoms with Gasteiger partial charge in [0.15, 0.2) is 0 Å². The van der Waals surface area contributed by atoms with E-state index in [1.54, 1.807) is 18.2 Å². The molecule has 3 rings (SSSR count). The van der Waals surface area contributed by atoms with Crippen LogP contribution in [0, 0.1) is 0 Å². The lowest BCUT2D eigenvalue weighted by molar-refractivity contribution is -0.137. The molecule has 0 aliphatic heterocycles. The van der Waals surface area contributed by atoms with E-state index in [9.17, 15) is 22.4 Å². The summed E-state index contributed by atoms with van der Waals surface area (Å²) in [5, 5.41) is 5.44. The van der Waals surface area contributed by atoms with Gasteiger partial charge in [0.1, 0.15) is 6.17 Å². The standard InChI is InChI=1S/C19H16F4N2O/c1-2-17(26)24-14-7-6-11-8-16(20)18(15(11)10-14)25-13-5-3-4-12(9-13)19(21,22)23/h2-7,9-10,16,18,25H,1,8H2,(H,24,26). The molecule has 0 fully saturated rings. The van der Waals surface area contributed by atoms with Crippen LogP contribution in [0.25, 0.3) is 0 Å². The maximum atomic E-state index is 14.5. The fourth-order valence-corrected chi connectivity index (χ4v) is 3.00. The summed E-state index contributed by atoms with van der Waals surface area (Å²) in [5.41, 5.74) is 1.21. The summed E-state index contributed by atoms with van der Waals surface area (Å²) >= 11 is 0. The van der Waals surface area contributed by atoms with Gasteiger partial charge in [0.25, 0.3) is 0 Å². The fourth-order valence-electron chi connectivity index (χ4n) is 3.00. The van der Waals surface area contributed by atoms with Crippen molar-refractivity contribution < 1.29 is 22.4 Å². The molecule has 3 nitrogen and oxygen atoms in total. The maximum absolute atomic E-state index is 14.5. The molecule has 0 aromatic heterocycles. The number of alkyl halides is 4. The number of hydrogen-bond acceptors (Lipinski definition) is 2. The second-order valence-corrected chi connectivity index (χ2v) is 6.03. The molecule has 0 spiro atoms. The van der Waals surface area contributed by atoms with E-state index < -0.39 is 29.9 Å². The van der Waals surface area contributed by atoms with E-state index in [1.165, 1.54) is 12.1 Å². The van der Waals surface area contributed by atoms with Crippen LogP contribution in [0.4, 0.5) is 28.9 Å². The van der Waals surface area contributed by atoms with Gasteiger partial charge in [-0.1, -0.05) is 18.7 Å². The SMILES string of the molecule is C=CC(=O)Nc1ccc2c(c1)C(Nc1cccc(C(F)(F)F)c1)C(F)C2. The highest BCUT2D eigenvalue weighted by Gasteiger charge is 2.34. The first-order chi connectivity index (χ1) is 12.3. The van der Waals surface area contributed by atoms with Gasteiger partial charge in [-0.25, -0.2) is 4.39 Å². The molecule has 0 heterocycles. The Bertz CT molecular complexity index is 848. The summed E-state index contributed by atoms with van der Waals surface area (Å²) < 4.78 is 53.0. The van der Waals surface area contributed by atoms with Crippen LogP contribution in [0.2, 0.25) is 0 Å². The molecule has 136 valence electrons. The van der Waals surface area contributed by atoms with Crippen molar-refractivity contribution in [3.8, 4) is 0 Å². The van der Waals surface area contributed by atoms with E-state index in [0.29, 0.717) is 11.3 Å². The van der Waals surface area contributed by atoms with Gasteiger partial charge in [-0.2, -0.15) is 13.2 Å². The molecule has 2 unspecified atom stereocenters. The first-order valence-corrected chi connectivity index (χ1v) is 7.92. The number of fused-ring (bicyclic) bond motifs is 1. The van der Waals surface area contributed by atoms with Crippen LogP contribution in [0.1, 0.15) is 22.7 Å². The third-order valence-corrected chi connectivity index (χ3v) is 4.22. The predicted octanol–water partition coefficient (Wildman–Crippen LogP) is 4.88. The Morgan fingerprint density at radius 2 is 1.92 bits per heavy atom. The highest BCUT2D eigenvalue weighted by Crippen LogP contribution is 2.38. The summed E-state index contributed by atoms with van der Waals surface area (Å²) in [7, 11) is 0. The minimum absolute atomic E-state index is 0.154. The molecular weight excluding hydrogens is 348 g/mol. The molecule has 26 heavy (non-hydrogen) atoms. The molecule has 0 bridgehead atoms. The van der Waals surface area contributed by atoms with Crippen molar-refractivity contribution in [3.63, 3.8) is 0 Å². The Labute approximate surface area is 147 Å². The van der Waals surface area contributed by atoms with Gasteiger partial charge in [0, 0.05) is 17.8 Å².